The lowest BCUT2D eigenvalue weighted by molar-refractivity contribution is 0.548. The molecule has 1 aliphatic heterocycles. The molecule has 7 nitrogen and oxygen atoms in total. The molecule has 0 spiro atoms. The summed E-state index contributed by atoms with van der Waals surface area (Å²) in [4.78, 5) is 22.0. The number of anilines is 3. The molecule has 1 aliphatic rings. The molecule has 0 amide bonds. The fourth-order valence-electron chi connectivity index (χ4n) is 3.61. The average Bonchev–Trinajstić information content (AvgIpc) is 3.28. The van der Waals surface area contributed by atoms with E-state index in [2.05, 4.69) is 32.5 Å². The fraction of sp³-hybridized carbons (Fsp3) is 0.0870. The topological polar surface area (TPSA) is 92.1 Å². The van der Waals surface area contributed by atoms with E-state index in [4.69, 9.17) is 4.42 Å². The molecule has 5 rings (SSSR count). The molecule has 0 aliphatic carbocycles. The minimum atomic E-state index is -0.0735. The molecule has 0 fully saturated rings. The zero-order valence-electron chi connectivity index (χ0n) is 16.1. The van der Waals surface area contributed by atoms with Crippen molar-refractivity contribution in [3.05, 3.63) is 83.0 Å². The van der Waals surface area contributed by atoms with E-state index in [1.165, 1.54) is 6.33 Å². The SMILES string of the molecule is C=Cc1ccc2oc(CNc3ncnc4c3NCN4)c(-c3ccccc3)c(=O)c2c1. The number of benzene rings is 2. The lowest BCUT2D eigenvalue weighted by Gasteiger charge is -2.13. The van der Waals surface area contributed by atoms with Crippen molar-refractivity contribution in [2.24, 2.45) is 0 Å². The van der Waals surface area contributed by atoms with Crippen LogP contribution in [0.4, 0.5) is 17.3 Å². The van der Waals surface area contributed by atoms with Gasteiger partial charge in [0, 0.05) is 0 Å². The van der Waals surface area contributed by atoms with Crippen LogP contribution in [0.15, 0.2) is 70.6 Å². The van der Waals surface area contributed by atoms with Crippen molar-refractivity contribution in [1.29, 1.82) is 0 Å². The van der Waals surface area contributed by atoms with Crippen LogP contribution in [0.2, 0.25) is 0 Å². The lowest BCUT2D eigenvalue weighted by atomic mass is 10.0. The highest BCUT2D eigenvalue weighted by Crippen LogP contribution is 2.31. The van der Waals surface area contributed by atoms with Gasteiger partial charge in [0.1, 0.15) is 23.4 Å². The summed E-state index contributed by atoms with van der Waals surface area (Å²) < 4.78 is 6.19. The highest BCUT2D eigenvalue weighted by Gasteiger charge is 2.19. The van der Waals surface area contributed by atoms with Gasteiger partial charge in [-0.1, -0.05) is 49.1 Å². The Labute approximate surface area is 172 Å². The van der Waals surface area contributed by atoms with Crippen molar-refractivity contribution >= 4 is 34.4 Å². The van der Waals surface area contributed by atoms with E-state index in [1.807, 2.05) is 42.5 Å². The zero-order valence-corrected chi connectivity index (χ0v) is 16.1. The van der Waals surface area contributed by atoms with Crippen LogP contribution in [-0.4, -0.2) is 16.6 Å². The van der Waals surface area contributed by atoms with Crippen molar-refractivity contribution in [2.75, 3.05) is 22.6 Å². The highest BCUT2D eigenvalue weighted by atomic mass is 16.3. The Hall–Kier alpha value is -4.13. The molecule has 0 radical (unpaired) electrons. The molecule has 2 aromatic carbocycles. The summed E-state index contributed by atoms with van der Waals surface area (Å²) in [7, 11) is 0. The molecule has 4 aromatic rings. The third-order valence-corrected chi connectivity index (χ3v) is 5.07. The average molecular weight is 397 g/mol. The molecular formula is C23H19N5O2. The van der Waals surface area contributed by atoms with Crippen molar-refractivity contribution in [1.82, 2.24) is 9.97 Å². The second kappa shape index (κ2) is 7.36. The maximum Gasteiger partial charge on any atom is 0.200 e. The highest BCUT2D eigenvalue weighted by molar-refractivity contribution is 5.85. The van der Waals surface area contributed by atoms with Gasteiger partial charge in [0.05, 0.1) is 24.2 Å². The summed E-state index contributed by atoms with van der Waals surface area (Å²) >= 11 is 0. The summed E-state index contributed by atoms with van der Waals surface area (Å²) in [6.07, 6.45) is 3.21. The van der Waals surface area contributed by atoms with Crippen LogP contribution in [-0.2, 0) is 6.54 Å². The molecule has 7 heteroatoms. The molecule has 2 aromatic heterocycles. The van der Waals surface area contributed by atoms with Crippen LogP contribution in [0.1, 0.15) is 11.3 Å². The Bertz CT molecular complexity index is 1310. The number of hydrogen-bond acceptors (Lipinski definition) is 7. The van der Waals surface area contributed by atoms with Gasteiger partial charge in [-0.25, -0.2) is 9.97 Å². The van der Waals surface area contributed by atoms with Gasteiger partial charge in [0.2, 0.25) is 5.43 Å². The van der Waals surface area contributed by atoms with E-state index >= 15 is 0 Å². The van der Waals surface area contributed by atoms with E-state index in [1.54, 1.807) is 12.1 Å². The van der Waals surface area contributed by atoms with Gasteiger partial charge >= 0.3 is 0 Å². The number of nitrogens with zero attached hydrogens (tertiary/aromatic N) is 2. The molecule has 0 unspecified atom stereocenters. The third-order valence-electron chi connectivity index (χ3n) is 5.07. The lowest BCUT2D eigenvalue weighted by Crippen LogP contribution is -2.13. The molecule has 148 valence electrons. The third kappa shape index (κ3) is 3.06. The van der Waals surface area contributed by atoms with Gasteiger partial charge in [0.25, 0.3) is 0 Å². The number of hydrogen-bond donors (Lipinski definition) is 3. The van der Waals surface area contributed by atoms with Gasteiger partial charge in [-0.3, -0.25) is 4.79 Å². The first-order chi connectivity index (χ1) is 14.7. The monoisotopic (exact) mass is 397 g/mol. The smallest absolute Gasteiger partial charge is 0.200 e. The molecular weight excluding hydrogens is 378 g/mol. The van der Waals surface area contributed by atoms with E-state index in [0.717, 1.165) is 22.6 Å². The maximum atomic E-state index is 13.4. The van der Waals surface area contributed by atoms with E-state index in [9.17, 15) is 4.79 Å². The molecule has 0 saturated carbocycles. The van der Waals surface area contributed by atoms with Crippen LogP contribution < -0.4 is 21.4 Å². The Morgan fingerprint density at radius 3 is 2.83 bits per heavy atom. The van der Waals surface area contributed by atoms with Crippen LogP contribution in [0, 0.1) is 0 Å². The predicted octanol–water partition coefficient (Wildman–Crippen LogP) is 4.30. The van der Waals surface area contributed by atoms with Crippen LogP contribution in [0.25, 0.3) is 28.2 Å². The molecule has 0 saturated heterocycles. The van der Waals surface area contributed by atoms with E-state index in [-0.39, 0.29) is 5.43 Å². The minimum absolute atomic E-state index is 0.0735. The number of rotatable bonds is 5. The Balaban J connectivity index is 1.62. The normalized spacial score (nSPS) is 12.1. The van der Waals surface area contributed by atoms with Gasteiger partial charge in [0.15, 0.2) is 11.6 Å². The molecule has 0 atom stereocenters. The van der Waals surface area contributed by atoms with Crippen LogP contribution in [0.5, 0.6) is 0 Å². The van der Waals surface area contributed by atoms with Gasteiger partial charge in [-0.2, -0.15) is 0 Å². The van der Waals surface area contributed by atoms with Crippen molar-refractivity contribution < 1.29 is 4.42 Å². The second-order valence-electron chi connectivity index (χ2n) is 6.88. The van der Waals surface area contributed by atoms with Gasteiger partial charge in [-0.15, -0.1) is 0 Å². The van der Waals surface area contributed by atoms with Crippen molar-refractivity contribution in [3.63, 3.8) is 0 Å². The van der Waals surface area contributed by atoms with Gasteiger partial charge < -0.3 is 20.4 Å². The van der Waals surface area contributed by atoms with E-state index < -0.39 is 0 Å². The van der Waals surface area contributed by atoms with Gasteiger partial charge in [-0.05, 0) is 23.3 Å². The molecule has 3 heterocycles. The maximum absolute atomic E-state index is 13.4. The summed E-state index contributed by atoms with van der Waals surface area (Å²) in [5, 5.41) is 10.2. The Morgan fingerprint density at radius 2 is 2.00 bits per heavy atom. The summed E-state index contributed by atoms with van der Waals surface area (Å²) in [6, 6.07) is 15.0. The summed E-state index contributed by atoms with van der Waals surface area (Å²) in [5.41, 5.74) is 3.48. The first-order valence-electron chi connectivity index (χ1n) is 9.59. The summed E-state index contributed by atoms with van der Waals surface area (Å²) in [5.74, 6) is 1.94. The van der Waals surface area contributed by atoms with Crippen molar-refractivity contribution in [2.45, 2.75) is 6.54 Å². The minimum Gasteiger partial charge on any atom is -0.458 e. The Kier molecular flexibility index (Phi) is 4.40. The zero-order chi connectivity index (χ0) is 20.5. The largest absolute Gasteiger partial charge is 0.458 e. The number of aromatic nitrogens is 2. The number of nitrogens with one attached hydrogen (secondary N) is 3. The second-order valence-corrected chi connectivity index (χ2v) is 6.88. The quantitative estimate of drug-likeness (QED) is 0.462. The Morgan fingerprint density at radius 1 is 1.13 bits per heavy atom. The van der Waals surface area contributed by atoms with Crippen LogP contribution >= 0.6 is 0 Å². The standard InChI is InChI=1S/C23H19N5O2/c1-2-14-8-9-17-16(10-14)21(29)19(15-6-4-3-5-7-15)18(30-17)11-24-22-20-23(26-12-25-20)28-13-27-22/h2-10,13,25H,1,11-12H2,(H2,24,26,27,28). The van der Waals surface area contributed by atoms with E-state index in [0.29, 0.717) is 41.3 Å². The first-order valence-corrected chi connectivity index (χ1v) is 9.59. The fourth-order valence-corrected chi connectivity index (χ4v) is 3.61. The number of fused-ring (bicyclic) bond motifs is 2. The summed E-state index contributed by atoms with van der Waals surface area (Å²) in [6.45, 7) is 4.68. The van der Waals surface area contributed by atoms with Crippen molar-refractivity contribution in [3.8, 4) is 11.1 Å². The molecule has 30 heavy (non-hydrogen) atoms. The molecule has 3 N–H and O–H groups in total. The molecule has 0 bridgehead atoms. The van der Waals surface area contributed by atoms with Crippen LogP contribution in [0.3, 0.4) is 0 Å². The first kappa shape index (κ1) is 17.9. The predicted molar refractivity (Wildman–Crippen MR) is 119 cm³/mol.